The van der Waals surface area contributed by atoms with E-state index in [1.807, 2.05) is 0 Å². The van der Waals surface area contributed by atoms with Gasteiger partial charge in [0.05, 0.1) is 12.7 Å². The van der Waals surface area contributed by atoms with Crippen LogP contribution in [0.3, 0.4) is 0 Å². The topological polar surface area (TPSA) is 125 Å². The van der Waals surface area contributed by atoms with Crippen LogP contribution in [-0.4, -0.2) is 50.4 Å². The highest BCUT2D eigenvalue weighted by atomic mass is 19.1. The van der Waals surface area contributed by atoms with Crippen LogP contribution >= 0.6 is 0 Å². The number of benzene rings is 1. The van der Waals surface area contributed by atoms with Crippen molar-refractivity contribution >= 4 is 35.4 Å². The van der Waals surface area contributed by atoms with E-state index in [0.717, 1.165) is 23.1 Å². The smallest absolute Gasteiger partial charge is 0.422 e. The SMILES string of the molecule is COC(=O)N(c1ccccn1)c1nc(NCC(C)(C)O)nc(Nc2cc(F)cc(F)c2)n1. The van der Waals surface area contributed by atoms with Crippen molar-refractivity contribution in [2.45, 2.75) is 19.4 Å². The van der Waals surface area contributed by atoms with E-state index >= 15 is 0 Å². The van der Waals surface area contributed by atoms with Gasteiger partial charge < -0.3 is 20.5 Å². The number of hydrogen-bond donors (Lipinski definition) is 3. The molecule has 0 atom stereocenters. The first-order chi connectivity index (χ1) is 15.1. The van der Waals surface area contributed by atoms with E-state index in [2.05, 4.69) is 30.6 Å². The minimum Gasteiger partial charge on any atom is -0.452 e. The van der Waals surface area contributed by atoms with Crippen LogP contribution in [0.15, 0.2) is 42.6 Å². The number of anilines is 5. The van der Waals surface area contributed by atoms with Gasteiger partial charge in [-0.25, -0.2) is 18.6 Å². The number of carbonyl (C=O) groups is 1. The summed E-state index contributed by atoms with van der Waals surface area (Å²) >= 11 is 0. The molecule has 2 aromatic heterocycles. The number of nitrogens with one attached hydrogen (secondary N) is 2. The van der Waals surface area contributed by atoms with Gasteiger partial charge in [-0.05, 0) is 38.1 Å². The first-order valence-corrected chi connectivity index (χ1v) is 9.39. The molecular weight excluding hydrogens is 424 g/mol. The second-order valence-corrected chi connectivity index (χ2v) is 7.23. The second kappa shape index (κ2) is 9.47. The van der Waals surface area contributed by atoms with E-state index in [9.17, 15) is 18.7 Å². The average Bonchev–Trinajstić information content (AvgIpc) is 2.72. The lowest BCUT2D eigenvalue weighted by molar-refractivity contribution is 0.0943. The standard InChI is InChI=1S/C20H21F2N7O3/c1-20(2,31)11-24-16-26-17(25-14-9-12(21)8-13(22)10-14)28-18(27-16)29(19(30)32-3)15-6-4-5-7-23-15/h4-10,31H,11H2,1-3H3,(H2,24,25,26,27,28). The average molecular weight is 445 g/mol. The Labute approximate surface area is 182 Å². The van der Waals surface area contributed by atoms with Crippen LogP contribution in [0.2, 0.25) is 0 Å². The van der Waals surface area contributed by atoms with E-state index in [-0.39, 0.29) is 35.9 Å². The van der Waals surface area contributed by atoms with Gasteiger partial charge >= 0.3 is 6.09 Å². The molecule has 2 heterocycles. The Hall–Kier alpha value is -3.93. The Morgan fingerprint density at radius 1 is 1.12 bits per heavy atom. The summed E-state index contributed by atoms with van der Waals surface area (Å²) in [6.45, 7) is 3.21. The van der Waals surface area contributed by atoms with Gasteiger partial charge in [0.15, 0.2) is 0 Å². The summed E-state index contributed by atoms with van der Waals surface area (Å²) in [7, 11) is 1.18. The van der Waals surface area contributed by atoms with Crippen molar-refractivity contribution < 1.29 is 23.4 Å². The number of halogens is 2. The normalized spacial score (nSPS) is 11.1. The van der Waals surface area contributed by atoms with E-state index in [0.29, 0.717) is 0 Å². The second-order valence-electron chi connectivity index (χ2n) is 7.23. The predicted molar refractivity (Wildman–Crippen MR) is 113 cm³/mol. The van der Waals surface area contributed by atoms with Crippen molar-refractivity contribution in [1.82, 2.24) is 19.9 Å². The van der Waals surface area contributed by atoms with Crippen molar-refractivity contribution in [3.8, 4) is 0 Å². The van der Waals surface area contributed by atoms with Gasteiger partial charge in [0.25, 0.3) is 0 Å². The van der Waals surface area contributed by atoms with Crippen LogP contribution < -0.4 is 15.5 Å². The molecule has 0 saturated heterocycles. The van der Waals surface area contributed by atoms with Gasteiger partial charge in [-0.15, -0.1) is 0 Å². The molecular formula is C20H21F2N7O3. The quantitative estimate of drug-likeness (QED) is 0.502. The molecule has 3 N–H and O–H groups in total. The third-order valence-electron chi connectivity index (χ3n) is 3.86. The Morgan fingerprint density at radius 2 is 1.81 bits per heavy atom. The lowest BCUT2D eigenvalue weighted by Crippen LogP contribution is -2.31. The molecule has 168 valence electrons. The summed E-state index contributed by atoms with van der Waals surface area (Å²) in [5.41, 5.74) is -1.06. The molecule has 3 aromatic rings. The molecule has 0 unspecified atom stereocenters. The van der Waals surface area contributed by atoms with Crippen molar-refractivity contribution in [3.63, 3.8) is 0 Å². The van der Waals surface area contributed by atoms with Crippen molar-refractivity contribution in [3.05, 3.63) is 54.2 Å². The highest BCUT2D eigenvalue weighted by Gasteiger charge is 2.25. The Kier molecular flexibility index (Phi) is 6.73. The Bertz CT molecular complexity index is 1070. The van der Waals surface area contributed by atoms with Crippen molar-refractivity contribution in [2.75, 3.05) is 29.2 Å². The van der Waals surface area contributed by atoms with Gasteiger partial charge in [0.2, 0.25) is 17.8 Å². The monoisotopic (exact) mass is 445 g/mol. The van der Waals surface area contributed by atoms with Crippen LogP contribution in [0, 0.1) is 11.6 Å². The molecule has 0 aliphatic carbocycles. The maximum Gasteiger partial charge on any atom is 0.422 e. The molecule has 12 heteroatoms. The largest absolute Gasteiger partial charge is 0.452 e. The number of hydrogen-bond acceptors (Lipinski definition) is 9. The van der Waals surface area contributed by atoms with Crippen molar-refractivity contribution in [2.24, 2.45) is 0 Å². The van der Waals surface area contributed by atoms with Gasteiger partial charge in [0.1, 0.15) is 17.5 Å². The number of amides is 1. The van der Waals surface area contributed by atoms with Crippen LogP contribution in [0.4, 0.5) is 42.9 Å². The molecule has 3 rings (SSSR count). The summed E-state index contributed by atoms with van der Waals surface area (Å²) in [5, 5.41) is 15.5. The molecule has 0 radical (unpaired) electrons. The Balaban J connectivity index is 2.06. The third kappa shape index (κ3) is 6.04. The maximum absolute atomic E-state index is 13.6. The summed E-state index contributed by atoms with van der Waals surface area (Å²) < 4.78 is 32.0. The number of ether oxygens (including phenoxy) is 1. The van der Waals surface area contributed by atoms with E-state index < -0.39 is 23.3 Å². The lowest BCUT2D eigenvalue weighted by atomic mass is 10.1. The summed E-state index contributed by atoms with van der Waals surface area (Å²) in [4.78, 5) is 30.1. The van der Waals surface area contributed by atoms with Crippen LogP contribution in [-0.2, 0) is 4.74 Å². The zero-order chi connectivity index (χ0) is 23.3. The summed E-state index contributed by atoms with van der Waals surface area (Å²) in [6, 6.07) is 7.68. The van der Waals surface area contributed by atoms with Crippen LogP contribution in [0.1, 0.15) is 13.8 Å². The fraction of sp³-hybridized carbons (Fsp3) is 0.250. The maximum atomic E-state index is 13.6. The first-order valence-electron chi connectivity index (χ1n) is 9.39. The number of pyridine rings is 1. The minimum atomic E-state index is -1.10. The van der Waals surface area contributed by atoms with E-state index in [1.165, 1.54) is 13.3 Å². The fourth-order valence-electron chi connectivity index (χ4n) is 2.51. The van der Waals surface area contributed by atoms with Gasteiger partial charge in [-0.2, -0.15) is 19.9 Å². The van der Waals surface area contributed by atoms with Crippen molar-refractivity contribution in [1.29, 1.82) is 0 Å². The van der Waals surface area contributed by atoms with Crippen LogP contribution in [0.5, 0.6) is 0 Å². The number of carbonyl (C=O) groups excluding carboxylic acids is 1. The number of nitrogens with zero attached hydrogens (tertiary/aromatic N) is 5. The molecule has 0 aliphatic rings. The Morgan fingerprint density at radius 3 is 2.41 bits per heavy atom. The highest BCUT2D eigenvalue weighted by Crippen LogP contribution is 2.25. The molecule has 0 fully saturated rings. The predicted octanol–water partition coefficient (Wildman–Crippen LogP) is 3.38. The zero-order valence-corrected chi connectivity index (χ0v) is 17.5. The summed E-state index contributed by atoms with van der Waals surface area (Å²) in [5.74, 6) is -1.74. The zero-order valence-electron chi connectivity index (χ0n) is 17.5. The van der Waals surface area contributed by atoms with Gasteiger partial charge in [-0.3, -0.25) is 0 Å². The lowest BCUT2D eigenvalue weighted by Gasteiger charge is -2.21. The number of aromatic nitrogens is 4. The van der Waals surface area contributed by atoms with E-state index in [4.69, 9.17) is 4.74 Å². The third-order valence-corrected chi connectivity index (χ3v) is 3.86. The minimum absolute atomic E-state index is 0.0127. The molecule has 0 bridgehead atoms. The van der Waals surface area contributed by atoms with Gasteiger partial charge in [-0.1, -0.05) is 6.07 Å². The molecule has 0 spiro atoms. The number of aliphatic hydroxyl groups is 1. The summed E-state index contributed by atoms with van der Waals surface area (Å²) in [6.07, 6.45) is 0.639. The first kappa shape index (κ1) is 22.7. The van der Waals surface area contributed by atoms with Crippen LogP contribution in [0.25, 0.3) is 0 Å². The number of methoxy groups -OCH3 is 1. The number of rotatable bonds is 7. The molecule has 10 nitrogen and oxygen atoms in total. The molecule has 1 aromatic carbocycles. The molecule has 1 amide bonds. The fourth-order valence-corrected chi connectivity index (χ4v) is 2.51. The highest BCUT2D eigenvalue weighted by molar-refractivity contribution is 5.93. The molecule has 0 aliphatic heterocycles. The molecule has 32 heavy (non-hydrogen) atoms. The molecule has 0 saturated carbocycles. The van der Waals surface area contributed by atoms with E-state index in [1.54, 1.807) is 32.0 Å². The van der Waals surface area contributed by atoms with Gasteiger partial charge in [0, 0.05) is 24.5 Å².